The predicted molar refractivity (Wildman–Crippen MR) is 411 cm³/mol. The molecule has 1 heterocycles. The summed E-state index contributed by atoms with van der Waals surface area (Å²) in [5.74, 6) is -13.6. The summed E-state index contributed by atoms with van der Waals surface area (Å²) in [6.07, 6.45) is -2.70. The first-order valence-corrected chi connectivity index (χ1v) is 36.9. The molecule has 0 aliphatic rings. The maximum absolute atomic E-state index is 15.5. The van der Waals surface area contributed by atoms with Gasteiger partial charge in [-0.15, -0.1) is 10.2 Å². The first-order valence-electron chi connectivity index (χ1n) is 36.9. The number of halogens is 1. The molecular weight excluding hydrogens is 1470 g/mol. The van der Waals surface area contributed by atoms with Crippen molar-refractivity contribution in [2.24, 2.45) is 17.2 Å². The number of phenolic OH excluding ortho intramolecular Hbond substituents is 1. The zero-order chi connectivity index (χ0) is 83.4. The van der Waals surface area contributed by atoms with Gasteiger partial charge in [-0.1, -0.05) is 102 Å². The second kappa shape index (κ2) is 42.6. The van der Waals surface area contributed by atoms with E-state index in [0.717, 1.165) is 80.0 Å². The molecule has 0 unspecified atom stereocenters. The maximum atomic E-state index is 15.5. The number of hydrogen-bond acceptors (Lipinski definition) is 21. The van der Waals surface area contributed by atoms with Gasteiger partial charge in [-0.25, -0.2) is 4.39 Å². The van der Waals surface area contributed by atoms with Gasteiger partial charge in [0, 0.05) is 19.3 Å². The molecule has 0 saturated heterocycles. The number of aliphatic carboxylic acids is 1. The number of ether oxygens (including phenoxy) is 1. The fourth-order valence-electron chi connectivity index (χ4n) is 12.2. The molecule has 35 heteroatoms. The first-order chi connectivity index (χ1) is 53.4. The van der Waals surface area contributed by atoms with E-state index in [9.17, 15) is 78.0 Å². The summed E-state index contributed by atoms with van der Waals surface area (Å²) in [4.78, 5) is 166. The van der Waals surface area contributed by atoms with Crippen molar-refractivity contribution in [2.75, 3.05) is 19.7 Å². The van der Waals surface area contributed by atoms with Crippen LogP contribution in [0.2, 0.25) is 0 Å². The number of nitrogens with two attached hydrogens (primary N) is 3. The Bertz CT molecular complexity index is 4280. The van der Waals surface area contributed by atoms with E-state index in [0.29, 0.717) is 49.3 Å². The van der Waals surface area contributed by atoms with Crippen molar-refractivity contribution in [3.63, 3.8) is 0 Å². The van der Waals surface area contributed by atoms with Gasteiger partial charge < -0.3 is 95.5 Å². The molecule has 6 rings (SSSR count). The van der Waals surface area contributed by atoms with E-state index >= 15 is 4.39 Å². The summed E-state index contributed by atoms with van der Waals surface area (Å²) >= 11 is 0. The minimum Gasteiger partial charge on any atom is -0.508 e. The summed E-state index contributed by atoms with van der Waals surface area (Å²) in [5.41, 5.74) is 20.2. The quantitative estimate of drug-likeness (QED) is 0.0217. The highest BCUT2D eigenvalue weighted by molar-refractivity contribution is 6.01. The molecular formula is C78H104FN17O17. The first kappa shape index (κ1) is 90.1. The number of primary amides is 1. The van der Waals surface area contributed by atoms with E-state index < -0.39 is 174 Å². The lowest BCUT2D eigenvalue weighted by atomic mass is 9.90. The van der Waals surface area contributed by atoms with Crippen molar-refractivity contribution in [3.8, 4) is 22.6 Å². The Labute approximate surface area is 653 Å². The van der Waals surface area contributed by atoms with Crippen LogP contribution in [-0.4, -0.2) is 203 Å². The minimum atomic E-state index is -2.36. The van der Waals surface area contributed by atoms with Crippen LogP contribution >= 0.6 is 0 Å². The smallest absolute Gasteiger partial charge is 0.305 e. The third-order valence-electron chi connectivity index (χ3n) is 18.4. The molecule has 0 fully saturated rings. The molecule has 6 aromatic rings. The number of nitrogens with one attached hydrogen (secondary N) is 11. The number of aryl methyl sites for hydroxylation is 4. The monoisotopic (exact) mass is 1570 g/mol. The van der Waals surface area contributed by atoms with Gasteiger partial charge in [0.2, 0.25) is 65.0 Å². The van der Waals surface area contributed by atoms with Crippen LogP contribution in [0.4, 0.5) is 4.39 Å². The Morgan fingerprint density at radius 3 is 1.83 bits per heavy atom. The van der Waals surface area contributed by atoms with Gasteiger partial charge in [0.1, 0.15) is 70.7 Å². The largest absolute Gasteiger partial charge is 0.508 e. The van der Waals surface area contributed by atoms with Crippen molar-refractivity contribution in [1.29, 1.82) is 0 Å². The number of unbranched alkanes of at least 4 members (excludes halogenated alkanes) is 1. The zero-order valence-corrected chi connectivity index (χ0v) is 64.6. The van der Waals surface area contributed by atoms with E-state index in [4.69, 9.17) is 21.9 Å². The van der Waals surface area contributed by atoms with E-state index in [-0.39, 0.29) is 36.4 Å². The van der Waals surface area contributed by atoms with Gasteiger partial charge in [-0.2, -0.15) is 5.21 Å². The topological polar surface area (TPSA) is 548 Å². The molecule has 610 valence electrons. The van der Waals surface area contributed by atoms with Crippen molar-refractivity contribution in [3.05, 3.63) is 160 Å². The summed E-state index contributed by atoms with van der Waals surface area (Å²) in [6.45, 7) is 13.0. The van der Waals surface area contributed by atoms with E-state index in [1.807, 2.05) is 69.3 Å². The molecule has 11 amide bonds. The highest BCUT2D eigenvalue weighted by Gasteiger charge is 2.43. The number of aromatic nitrogens is 4. The number of carbonyl (C=O) groups excluding carboxylic acids is 11. The number of rotatable bonds is 44. The number of H-pyrrole nitrogens is 1. The fourth-order valence-corrected chi connectivity index (χ4v) is 12.2. The Morgan fingerprint density at radius 2 is 1.22 bits per heavy atom. The molecule has 0 bridgehead atoms. The summed E-state index contributed by atoms with van der Waals surface area (Å²) < 4.78 is 21.5. The number of aromatic amines is 1. The van der Waals surface area contributed by atoms with Gasteiger partial charge in [-0.05, 0) is 176 Å². The number of aliphatic hydroxyl groups excluding tert-OH is 2. The van der Waals surface area contributed by atoms with Crippen molar-refractivity contribution in [1.82, 2.24) is 73.8 Å². The van der Waals surface area contributed by atoms with Gasteiger partial charge >= 0.3 is 5.97 Å². The zero-order valence-electron chi connectivity index (χ0n) is 64.6. The molecule has 11 atom stereocenters. The predicted octanol–water partition coefficient (Wildman–Crippen LogP) is -0.350. The lowest BCUT2D eigenvalue weighted by Gasteiger charge is -2.34. The Morgan fingerprint density at radius 1 is 0.611 bits per heavy atom. The SMILES string of the molecule is CCc1cc(OCCCCN)ccc1-c1ccc(C[C@H](NC(=O)[C@H](CC(=O)O)NC(=O)[C@H](C)NC(=O)[C@@H](NC(=O)[C@](C)(Cc2ccccc2F)NC(=O)[C@@H](NC(=O)CNC(=O)[C@H](Cc2nn[nH]n2)NC(=O)C(C)(C)NC(=O)[C@@H](N)Cc2ccc(O)cc2)[C@@H](C)O)[C@@H](C)O)C(=O)N[C@@H](CCCc2cc(C)cc(C)c2)C(N)=O)cc1. The molecule has 5 aromatic carbocycles. The number of phenols is 1. The maximum Gasteiger partial charge on any atom is 0.305 e. The average molecular weight is 1570 g/mol. The van der Waals surface area contributed by atoms with Crippen molar-refractivity contribution >= 4 is 70.9 Å². The number of hydrogen-bond donors (Lipinski definition) is 18. The summed E-state index contributed by atoms with van der Waals surface area (Å²) in [6, 6.07) is 16.7. The molecule has 0 aliphatic heterocycles. The minimum absolute atomic E-state index is 0.00565. The number of tetrazole rings is 1. The van der Waals surface area contributed by atoms with Gasteiger partial charge in [0.15, 0.2) is 5.82 Å². The fraction of sp³-hybridized carbons (Fsp3) is 0.449. The van der Waals surface area contributed by atoms with Crippen LogP contribution in [0.5, 0.6) is 11.5 Å². The number of nitrogens with zero attached hydrogens (tertiary/aromatic N) is 3. The van der Waals surface area contributed by atoms with Gasteiger partial charge in [0.05, 0.1) is 37.8 Å². The Balaban J connectivity index is 1.15. The van der Waals surface area contributed by atoms with Gasteiger partial charge in [0.25, 0.3) is 0 Å². The van der Waals surface area contributed by atoms with E-state index in [2.05, 4.69) is 73.8 Å². The van der Waals surface area contributed by atoms with Crippen LogP contribution in [0.15, 0.2) is 109 Å². The van der Waals surface area contributed by atoms with Crippen molar-refractivity contribution in [2.45, 2.75) is 205 Å². The standard InChI is InChI=1S/C78H104FN17O17/c1-10-50-37-54(113-31-14-13-30-80)28-29-55(50)51-24-20-48(21-25-51)36-59(71(107)85-58(67(82)103)19-15-16-49-33-42(2)32-43(3)34-49)87-72(108)61(39-64(101)102)86-68(104)44(4)84-73(109)65(45(5)97)90-76(112)78(9,40-52-17-11-12-18-56(52)79)92-74(110)66(46(6)98)89-63(100)41-83-70(106)60(38-62-93-95-96-94-62)88-75(111)77(7,8)91-69(105)57(81)35-47-22-26-53(99)27-23-47/h11-12,17-18,20-29,32-34,37,44-46,57-61,65-66,97-99H,10,13-16,19,30-31,35-36,38-41,80-81H2,1-9H3,(H2,82,103)(H,83,106)(H,84,109)(H,85,107)(H,86,104)(H,87,108)(H,88,111)(H,89,100)(H,90,112)(H,91,105)(H,92,110)(H,101,102)(H,93,94,95,96)/t44-,45+,46+,57-,58-,59-,60-,61-,65-,66-,78-/m0/s1. The highest BCUT2D eigenvalue weighted by atomic mass is 19.1. The number of carbonyl (C=O) groups is 12. The second-order valence-electron chi connectivity index (χ2n) is 28.7. The van der Waals surface area contributed by atoms with Crippen LogP contribution in [0, 0.1) is 19.7 Å². The molecule has 0 radical (unpaired) electrons. The molecule has 0 spiro atoms. The third-order valence-corrected chi connectivity index (χ3v) is 18.4. The molecule has 0 saturated carbocycles. The number of carboxylic acids is 1. The van der Waals surface area contributed by atoms with Crippen LogP contribution in [0.3, 0.4) is 0 Å². The number of benzene rings is 5. The van der Waals surface area contributed by atoms with E-state index in [1.54, 1.807) is 24.3 Å². The number of amides is 11. The van der Waals surface area contributed by atoms with Crippen LogP contribution in [-0.2, 0) is 96.1 Å². The number of aliphatic hydroxyl groups is 2. The van der Waals surface area contributed by atoms with E-state index in [1.165, 1.54) is 44.2 Å². The third kappa shape index (κ3) is 28.2. The molecule has 0 aliphatic carbocycles. The number of aromatic hydroxyl groups is 1. The van der Waals surface area contributed by atoms with Crippen molar-refractivity contribution < 1.29 is 87.1 Å². The van der Waals surface area contributed by atoms with Crippen LogP contribution < -0.4 is 75.1 Å². The highest BCUT2D eigenvalue weighted by Crippen LogP contribution is 2.29. The Hall–Kier alpha value is -11.8. The lowest BCUT2D eigenvalue weighted by Crippen LogP contribution is -2.66. The molecule has 21 N–H and O–H groups in total. The molecule has 1 aromatic heterocycles. The molecule has 113 heavy (non-hydrogen) atoms. The summed E-state index contributed by atoms with van der Waals surface area (Å²) in [5, 5.41) is 79.2. The molecule has 34 nitrogen and oxygen atoms in total. The Kier molecular flexibility index (Phi) is 33.9. The second-order valence-corrected chi connectivity index (χ2v) is 28.7. The summed E-state index contributed by atoms with van der Waals surface area (Å²) in [7, 11) is 0. The van der Waals surface area contributed by atoms with Gasteiger partial charge in [-0.3, -0.25) is 57.5 Å². The van der Waals surface area contributed by atoms with Crippen LogP contribution in [0.1, 0.15) is 125 Å². The number of carboxylic acid groups (broad SMARTS) is 1. The van der Waals surface area contributed by atoms with Crippen LogP contribution in [0.25, 0.3) is 11.1 Å². The lowest BCUT2D eigenvalue weighted by molar-refractivity contribution is -0.142. The normalized spacial score (nSPS) is 14.5. The average Bonchev–Trinajstić information content (AvgIpc) is 0.896.